The van der Waals surface area contributed by atoms with Crippen LogP contribution in [0.5, 0.6) is 0 Å². The van der Waals surface area contributed by atoms with E-state index in [4.69, 9.17) is 24.2 Å². The molecule has 4 aromatic rings. The number of benzene rings is 2. The number of nitrogens with one attached hydrogen (secondary N) is 4. The number of allylic oxidation sites excluding steroid dienone is 1. The van der Waals surface area contributed by atoms with Gasteiger partial charge in [-0.2, -0.15) is 0 Å². The number of carbonyl (C=O) groups excluding carboxylic acids is 4. The number of aromatic amines is 2. The normalized spacial score (nSPS) is 18.1. The van der Waals surface area contributed by atoms with E-state index in [0.29, 0.717) is 31.2 Å². The lowest BCUT2D eigenvalue weighted by atomic mass is 10.0. The monoisotopic (exact) mass is 792 g/mol. The Labute approximate surface area is 338 Å². The molecule has 0 aliphatic carbocycles. The molecular formula is C43H52N8O7. The van der Waals surface area contributed by atoms with Crippen LogP contribution >= 0.6 is 0 Å². The highest BCUT2D eigenvalue weighted by Crippen LogP contribution is 2.37. The summed E-state index contributed by atoms with van der Waals surface area (Å²) < 4.78 is 14.9. The molecule has 15 heteroatoms. The second kappa shape index (κ2) is 18.0. The molecule has 2 aromatic heterocycles. The Morgan fingerprint density at radius 3 is 2.14 bits per heavy atom. The van der Waals surface area contributed by atoms with Crippen molar-refractivity contribution in [2.45, 2.75) is 84.2 Å². The van der Waals surface area contributed by atoms with Crippen LogP contribution in [0, 0.1) is 17.8 Å². The van der Waals surface area contributed by atoms with E-state index in [-0.39, 0.29) is 29.8 Å². The van der Waals surface area contributed by atoms with Crippen molar-refractivity contribution in [3.8, 4) is 23.1 Å². The summed E-state index contributed by atoms with van der Waals surface area (Å²) in [6.45, 7) is 10.6. The van der Waals surface area contributed by atoms with Crippen LogP contribution in [0.2, 0.25) is 0 Å². The summed E-state index contributed by atoms with van der Waals surface area (Å²) in [5.41, 5.74) is 7.25. The zero-order valence-electron chi connectivity index (χ0n) is 34.3. The van der Waals surface area contributed by atoms with Crippen molar-refractivity contribution in [2.24, 2.45) is 5.92 Å². The van der Waals surface area contributed by atoms with E-state index in [9.17, 15) is 19.2 Å². The van der Waals surface area contributed by atoms with Crippen molar-refractivity contribution in [1.82, 2.24) is 40.4 Å². The maximum Gasteiger partial charge on any atom is 0.407 e. The zero-order valence-corrected chi connectivity index (χ0v) is 34.3. The summed E-state index contributed by atoms with van der Waals surface area (Å²) in [6.07, 6.45) is 2.04. The lowest BCUT2D eigenvalue weighted by Crippen LogP contribution is -2.54. The van der Waals surface area contributed by atoms with E-state index in [0.717, 1.165) is 57.4 Å². The minimum absolute atomic E-state index is 0.145. The lowest BCUT2D eigenvalue weighted by molar-refractivity contribution is -0.137. The Kier molecular flexibility index (Phi) is 12.9. The number of likely N-dealkylation sites (tertiary alicyclic amines) is 2. The second-order valence-electron chi connectivity index (χ2n) is 15.3. The maximum atomic E-state index is 13.8. The van der Waals surface area contributed by atoms with Crippen molar-refractivity contribution in [2.75, 3.05) is 34.4 Å². The second-order valence-corrected chi connectivity index (χ2v) is 15.3. The highest BCUT2D eigenvalue weighted by atomic mass is 16.5. The molecular weight excluding hydrogens is 741 g/mol. The van der Waals surface area contributed by atoms with Gasteiger partial charge in [0.15, 0.2) is 0 Å². The number of carbonyl (C=O) groups is 4. The molecule has 0 saturated carbocycles. The van der Waals surface area contributed by atoms with Crippen LogP contribution in [0.1, 0.15) is 88.7 Å². The summed E-state index contributed by atoms with van der Waals surface area (Å²) in [4.78, 5) is 71.5. The number of imidazole rings is 2. The Bertz CT molecular complexity index is 2240. The summed E-state index contributed by atoms with van der Waals surface area (Å²) in [6, 6.07) is 11.4. The number of nitrogens with zero attached hydrogens (tertiary/aromatic N) is 4. The van der Waals surface area contributed by atoms with Crippen molar-refractivity contribution >= 4 is 35.0 Å². The SMILES string of the molecule is COC(=O)N[C@H](C(=O)N1CC(=C(C)C)C[C@H]1c1ncc(-c2ccc(C#Cc3ccc4nc([C@@H]5CCCN5C(=O)[C@@H](NC(=O)OC)[C@@H](C)OC)[nH]c4c3)cc2)[nH]1)C(C)C. The zero-order chi connectivity index (χ0) is 41.7. The Hall–Kier alpha value is -6.14. The molecule has 0 bridgehead atoms. The molecule has 306 valence electrons. The number of fused-ring (bicyclic) bond motifs is 1. The standard InChI is InChI=1S/C43H52N8O7/c1-24(2)30-21-35(51(23-30)40(52)36(25(3)4)48-42(54)57-7)38-44-22-33(47-38)29-16-13-27(14-17-29)11-12-28-15-18-31-32(20-28)46-39(45-31)34-10-9-19-50(34)41(53)37(26(5)56-6)49-43(55)58-8/h13-18,20,22,25-26,34-37H,9-10,19,21,23H2,1-8H3,(H,44,47)(H,45,46)(H,48,54)(H,49,55)/t26-,34+,35+,36+,37+/m1/s1. The summed E-state index contributed by atoms with van der Waals surface area (Å²) in [5.74, 6) is 7.27. The van der Waals surface area contributed by atoms with Crippen molar-refractivity contribution in [3.63, 3.8) is 0 Å². The van der Waals surface area contributed by atoms with E-state index in [1.54, 1.807) is 22.9 Å². The Morgan fingerprint density at radius 2 is 1.48 bits per heavy atom. The molecule has 4 N–H and O–H groups in total. The fourth-order valence-electron chi connectivity index (χ4n) is 7.43. The number of alkyl carbamates (subject to hydrolysis) is 2. The molecule has 0 spiro atoms. The summed E-state index contributed by atoms with van der Waals surface area (Å²) in [7, 11) is 4.03. The Morgan fingerprint density at radius 1 is 0.828 bits per heavy atom. The third-order valence-electron chi connectivity index (χ3n) is 10.9. The number of methoxy groups -OCH3 is 3. The summed E-state index contributed by atoms with van der Waals surface area (Å²) in [5, 5.41) is 5.33. The van der Waals surface area contributed by atoms with Gasteiger partial charge < -0.3 is 44.6 Å². The van der Waals surface area contributed by atoms with Gasteiger partial charge in [-0.25, -0.2) is 19.6 Å². The topological polar surface area (TPSA) is 184 Å². The van der Waals surface area contributed by atoms with Gasteiger partial charge in [-0.15, -0.1) is 0 Å². The van der Waals surface area contributed by atoms with Gasteiger partial charge in [-0.1, -0.05) is 43.4 Å². The molecule has 5 atom stereocenters. The fourth-order valence-corrected chi connectivity index (χ4v) is 7.43. The van der Waals surface area contributed by atoms with Crippen LogP contribution in [-0.4, -0.2) is 106 Å². The van der Waals surface area contributed by atoms with Crippen LogP contribution in [-0.2, 0) is 23.8 Å². The van der Waals surface area contributed by atoms with Gasteiger partial charge in [-0.05, 0) is 87.4 Å². The van der Waals surface area contributed by atoms with E-state index >= 15 is 0 Å². The molecule has 2 aliphatic rings. The van der Waals surface area contributed by atoms with Gasteiger partial charge in [-0.3, -0.25) is 9.59 Å². The molecule has 6 rings (SSSR count). The van der Waals surface area contributed by atoms with Gasteiger partial charge in [0, 0.05) is 31.3 Å². The molecule has 2 aliphatic heterocycles. The molecule has 4 amide bonds. The van der Waals surface area contributed by atoms with Gasteiger partial charge in [0.1, 0.15) is 23.7 Å². The first kappa shape index (κ1) is 41.5. The molecule has 0 unspecified atom stereocenters. The maximum absolute atomic E-state index is 13.8. The number of amides is 4. The average Bonchev–Trinajstić information content (AvgIpc) is 4.06. The molecule has 15 nitrogen and oxygen atoms in total. The number of hydrogen-bond donors (Lipinski definition) is 4. The van der Waals surface area contributed by atoms with Crippen LogP contribution in [0.3, 0.4) is 0 Å². The van der Waals surface area contributed by atoms with E-state index in [2.05, 4.69) is 32.4 Å². The van der Waals surface area contributed by atoms with Crippen molar-refractivity contribution in [3.05, 3.63) is 82.6 Å². The molecule has 2 aromatic carbocycles. The number of hydrogen-bond acceptors (Lipinski definition) is 9. The minimum atomic E-state index is -0.909. The first-order chi connectivity index (χ1) is 27.8. The minimum Gasteiger partial charge on any atom is -0.453 e. The number of rotatable bonds is 10. The average molecular weight is 793 g/mol. The highest BCUT2D eigenvalue weighted by Gasteiger charge is 2.40. The number of aromatic nitrogens is 4. The van der Waals surface area contributed by atoms with Crippen LogP contribution < -0.4 is 10.6 Å². The molecule has 0 radical (unpaired) electrons. The van der Waals surface area contributed by atoms with Crippen LogP contribution in [0.4, 0.5) is 9.59 Å². The van der Waals surface area contributed by atoms with Gasteiger partial charge in [0.05, 0.1) is 55.3 Å². The van der Waals surface area contributed by atoms with E-state index < -0.39 is 30.4 Å². The largest absolute Gasteiger partial charge is 0.453 e. The summed E-state index contributed by atoms with van der Waals surface area (Å²) >= 11 is 0. The van der Waals surface area contributed by atoms with Crippen molar-refractivity contribution in [1.29, 1.82) is 0 Å². The van der Waals surface area contributed by atoms with Gasteiger partial charge in [0.2, 0.25) is 11.8 Å². The first-order valence-corrected chi connectivity index (χ1v) is 19.5. The Balaban J connectivity index is 1.15. The van der Waals surface area contributed by atoms with Gasteiger partial charge in [0.25, 0.3) is 0 Å². The van der Waals surface area contributed by atoms with E-state index in [1.165, 1.54) is 21.3 Å². The fraction of sp³-hybridized carbons (Fsp3) is 0.442. The quantitative estimate of drug-likeness (QED) is 0.115. The molecule has 2 saturated heterocycles. The van der Waals surface area contributed by atoms with E-state index in [1.807, 2.05) is 70.2 Å². The predicted molar refractivity (Wildman–Crippen MR) is 217 cm³/mol. The number of H-pyrrole nitrogens is 2. The molecule has 58 heavy (non-hydrogen) atoms. The van der Waals surface area contributed by atoms with Gasteiger partial charge >= 0.3 is 12.2 Å². The van der Waals surface area contributed by atoms with Crippen LogP contribution in [0.15, 0.2) is 59.8 Å². The third kappa shape index (κ3) is 9.02. The molecule has 4 heterocycles. The van der Waals surface area contributed by atoms with Crippen LogP contribution in [0.25, 0.3) is 22.3 Å². The smallest absolute Gasteiger partial charge is 0.407 e. The third-order valence-corrected chi connectivity index (χ3v) is 10.9. The van der Waals surface area contributed by atoms with Crippen molar-refractivity contribution < 1.29 is 33.4 Å². The number of ether oxygens (including phenoxy) is 3. The first-order valence-electron chi connectivity index (χ1n) is 19.5. The highest BCUT2D eigenvalue weighted by molar-refractivity contribution is 5.88. The lowest BCUT2D eigenvalue weighted by Gasteiger charge is -2.30. The predicted octanol–water partition coefficient (Wildman–Crippen LogP) is 5.77. The molecule has 2 fully saturated rings.